The van der Waals surface area contributed by atoms with Crippen molar-refractivity contribution in [1.29, 1.82) is 0 Å². The number of hydrogen-bond donors (Lipinski definition) is 0. The second-order valence-corrected chi connectivity index (χ2v) is 7.00. The van der Waals surface area contributed by atoms with E-state index < -0.39 is 0 Å². The molecule has 0 bridgehead atoms. The van der Waals surface area contributed by atoms with Crippen LogP contribution in [0, 0.1) is 5.92 Å². The first-order valence-electron chi connectivity index (χ1n) is 9.66. The molecular weight excluding hydrogens is 256 g/mol. The maximum atomic E-state index is 10.8. The smallest absolute Gasteiger partial charge is 0.129 e. The average molecular weight is 297 g/mol. The van der Waals surface area contributed by atoms with Crippen LogP contribution >= 0.6 is 0 Å². The molecule has 1 atom stereocenters. The molecule has 0 N–H and O–H groups in total. The predicted molar refractivity (Wildman–Crippen MR) is 94.8 cm³/mol. The fourth-order valence-corrected chi connectivity index (χ4v) is 2.84. The molecule has 1 unspecified atom stereocenters. The minimum Gasteiger partial charge on any atom is -0.300 e. The SMILES string of the molecule is CCC(C)CCCCCCCCCCCCCCC(C)=O. The van der Waals surface area contributed by atoms with Crippen LogP contribution in [-0.2, 0) is 4.79 Å². The van der Waals surface area contributed by atoms with E-state index in [1.54, 1.807) is 6.92 Å². The zero-order chi connectivity index (χ0) is 15.8. The van der Waals surface area contributed by atoms with Crippen molar-refractivity contribution < 1.29 is 4.79 Å². The summed E-state index contributed by atoms with van der Waals surface area (Å²) in [6.07, 6.45) is 20.1. The van der Waals surface area contributed by atoms with Crippen LogP contribution in [-0.4, -0.2) is 5.78 Å². The third-order valence-electron chi connectivity index (χ3n) is 4.67. The van der Waals surface area contributed by atoms with Gasteiger partial charge in [0.05, 0.1) is 0 Å². The molecule has 126 valence electrons. The van der Waals surface area contributed by atoms with Gasteiger partial charge in [-0.15, -0.1) is 0 Å². The Morgan fingerprint density at radius 2 is 1.10 bits per heavy atom. The maximum absolute atomic E-state index is 10.8. The molecule has 0 aliphatic carbocycles. The molecule has 0 radical (unpaired) electrons. The van der Waals surface area contributed by atoms with Crippen LogP contribution in [0.15, 0.2) is 0 Å². The highest BCUT2D eigenvalue weighted by Gasteiger charge is 1.98. The molecule has 0 fully saturated rings. The lowest BCUT2D eigenvalue weighted by Gasteiger charge is -2.07. The Morgan fingerprint density at radius 3 is 1.48 bits per heavy atom. The van der Waals surface area contributed by atoms with Gasteiger partial charge in [-0.25, -0.2) is 0 Å². The van der Waals surface area contributed by atoms with Crippen LogP contribution in [0.1, 0.15) is 117 Å². The molecule has 0 saturated carbocycles. The van der Waals surface area contributed by atoms with Crippen LogP contribution in [0.2, 0.25) is 0 Å². The Labute approximate surface area is 134 Å². The van der Waals surface area contributed by atoms with Gasteiger partial charge in [0, 0.05) is 6.42 Å². The lowest BCUT2D eigenvalue weighted by Crippen LogP contribution is -1.91. The molecule has 0 spiro atoms. The number of rotatable bonds is 16. The summed E-state index contributed by atoms with van der Waals surface area (Å²) in [6.45, 7) is 6.37. The van der Waals surface area contributed by atoms with Crippen molar-refractivity contribution in [3.63, 3.8) is 0 Å². The Kier molecular flexibility index (Phi) is 15.8. The summed E-state index contributed by atoms with van der Waals surface area (Å²) in [5.74, 6) is 1.28. The number of carbonyl (C=O) groups excluding carboxylic acids is 1. The molecular formula is C20H40O. The molecule has 0 aliphatic heterocycles. The molecule has 0 rings (SSSR count). The highest BCUT2D eigenvalue weighted by molar-refractivity contribution is 5.75. The molecule has 21 heavy (non-hydrogen) atoms. The van der Waals surface area contributed by atoms with Crippen molar-refractivity contribution in [2.75, 3.05) is 0 Å². The quantitative estimate of drug-likeness (QED) is 0.278. The summed E-state index contributed by atoms with van der Waals surface area (Å²) >= 11 is 0. The number of carbonyl (C=O) groups is 1. The van der Waals surface area contributed by atoms with Gasteiger partial charge in [0.25, 0.3) is 0 Å². The van der Waals surface area contributed by atoms with E-state index in [4.69, 9.17) is 0 Å². The third kappa shape index (κ3) is 17.6. The monoisotopic (exact) mass is 296 g/mol. The maximum Gasteiger partial charge on any atom is 0.129 e. The molecule has 0 aliphatic rings. The molecule has 0 aromatic rings. The van der Waals surface area contributed by atoms with E-state index in [9.17, 15) is 4.79 Å². The van der Waals surface area contributed by atoms with Crippen LogP contribution in [0.3, 0.4) is 0 Å². The Bertz CT molecular complexity index is 222. The van der Waals surface area contributed by atoms with Gasteiger partial charge in [0.15, 0.2) is 0 Å². The lowest BCUT2D eigenvalue weighted by molar-refractivity contribution is -0.117. The first kappa shape index (κ1) is 20.7. The largest absolute Gasteiger partial charge is 0.300 e. The molecule has 0 amide bonds. The zero-order valence-corrected chi connectivity index (χ0v) is 15.1. The summed E-state index contributed by atoms with van der Waals surface area (Å²) in [5, 5.41) is 0. The van der Waals surface area contributed by atoms with Gasteiger partial charge >= 0.3 is 0 Å². The molecule has 1 heteroatoms. The van der Waals surface area contributed by atoms with Crippen LogP contribution < -0.4 is 0 Å². The van der Waals surface area contributed by atoms with E-state index in [1.165, 1.54) is 83.5 Å². The van der Waals surface area contributed by atoms with Gasteiger partial charge < -0.3 is 4.79 Å². The second-order valence-electron chi connectivity index (χ2n) is 7.00. The van der Waals surface area contributed by atoms with Gasteiger partial charge in [-0.3, -0.25) is 0 Å². The Morgan fingerprint density at radius 1 is 0.714 bits per heavy atom. The minimum absolute atomic E-state index is 0.346. The van der Waals surface area contributed by atoms with Crippen molar-refractivity contribution in [1.82, 2.24) is 0 Å². The summed E-state index contributed by atoms with van der Waals surface area (Å²) in [4.78, 5) is 10.8. The van der Waals surface area contributed by atoms with Gasteiger partial charge in [0.2, 0.25) is 0 Å². The summed E-state index contributed by atoms with van der Waals surface area (Å²) in [5.41, 5.74) is 0. The fraction of sp³-hybridized carbons (Fsp3) is 0.950. The molecule has 0 heterocycles. The van der Waals surface area contributed by atoms with Gasteiger partial charge in [-0.2, -0.15) is 0 Å². The Balaban J connectivity index is 3.01. The van der Waals surface area contributed by atoms with Crippen molar-refractivity contribution in [3.8, 4) is 0 Å². The Hall–Kier alpha value is -0.330. The highest BCUT2D eigenvalue weighted by atomic mass is 16.1. The number of unbranched alkanes of at least 4 members (excludes halogenated alkanes) is 11. The topological polar surface area (TPSA) is 17.1 Å². The minimum atomic E-state index is 0.346. The van der Waals surface area contributed by atoms with Crippen molar-refractivity contribution in [2.45, 2.75) is 117 Å². The number of hydrogen-bond acceptors (Lipinski definition) is 1. The van der Waals surface area contributed by atoms with Gasteiger partial charge in [-0.05, 0) is 19.3 Å². The lowest BCUT2D eigenvalue weighted by atomic mass is 9.99. The van der Waals surface area contributed by atoms with E-state index in [0.29, 0.717) is 5.78 Å². The van der Waals surface area contributed by atoms with E-state index in [-0.39, 0.29) is 0 Å². The van der Waals surface area contributed by atoms with Crippen molar-refractivity contribution >= 4 is 5.78 Å². The first-order chi connectivity index (χ1) is 10.2. The number of Topliss-reactive ketones (excluding diaryl/α,β-unsaturated/α-hetero) is 1. The van der Waals surface area contributed by atoms with Crippen molar-refractivity contribution in [2.24, 2.45) is 5.92 Å². The number of ketones is 1. The van der Waals surface area contributed by atoms with Crippen LogP contribution in [0.25, 0.3) is 0 Å². The van der Waals surface area contributed by atoms with Gasteiger partial charge in [0.1, 0.15) is 5.78 Å². The predicted octanol–water partition coefficient (Wildman–Crippen LogP) is 7.08. The summed E-state index contributed by atoms with van der Waals surface area (Å²) in [7, 11) is 0. The fourth-order valence-electron chi connectivity index (χ4n) is 2.84. The van der Waals surface area contributed by atoms with Crippen LogP contribution in [0.5, 0.6) is 0 Å². The molecule has 1 nitrogen and oxygen atoms in total. The standard InChI is InChI=1S/C20H40O/c1-4-19(2)17-15-13-11-9-7-5-6-8-10-12-14-16-18-20(3)21/h19H,4-18H2,1-3H3. The van der Waals surface area contributed by atoms with E-state index in [1.807, 2.05) is 0 Å². The highest BCUT2D eigenvalue weighted by Crippen LogP contribution is 2.15. The molecule has 0 aromatic carbocycles. The third-order valence-corrected chi connectivity index (χ3v) is 4.67. The average Bonchev–Trinajstić information content (AvgIpc) is 2.46. The van der Waals surface area contributed by atoms with E-state index in [2.05, 4.69) is 13.8 Å². The zero-order valence-electron chi connectivity index (χ0n) is 15.1. The first-order valence-corrected chi connectivity index (χ1v) is 9.66. The second kappa shape index (κ2) is 16.0. The van der Waals surface area contributed by atoms with E-state index >= 15 is 0 Å². The molecule has 0 saturated heterocycles. The normalized spacial score (nSPS) is 12.5. The van der Waals surface area contributed by atoms with E-state index in [0.717, 1.165) is 18.8 Å². The van der Waals surface area contributed by atoms with Crippen molar-refractivity contribution in [3.05, 3.63) is 0 Å². The summed E-state index contributed by atoms with van der Waals surface area (Å²) in [6, 6.07) is 0. The van der Waals surface area contributed by atoms with Gasteiger partial charge in [-0.1, -0.05) is 97.3 Å². The summed E-state index contributed by atoms with van der Waals surface area (Å²) < 4.78 is 0. The van der Waals surface area contributed by atoms with Crippen LogP contribution in [0.4, 0.5) is 0 Å². The molecule has 0 aromatic heterocycles.